The summed E-state index contributed by atoms with van der Waals surface area (Å²) in [5, 5.41) is 0. The second-order valence-corrected chi connectivity index (χ2v) is 6.84. The summed E-state index contributed by atoms with van der Waals surface area (Å²) in [6.07, 6.45) is 1.07. The van der Waals surface area contributed by atoms with Gasteiger partial charge in [-0.05, 0) is 19.5 Å². The van der Waals surface area contributed by atoms with Gasteiger partial charge in [-0.1, -0.05) is 18.2 Å². The molecule has 0 unspecified atom stereocenters. The van der Waals surface area contributed by atoms with Crippen LogP contribution in [0.4, 0.5) is 0 Å². The predicted molar refractivity (Wildman–Crippen MR) is 96.6 cm³/mol. The van der Waals surface area contributed by atoms with Crippen molar-refractivity contribution in [2.24, 2.45) is 0 Å². The van der Waals surface area contributed by atoms with E-state index in [1.54, 1.807) is 0 Å². The molecule has 134 valence electrons. The summed E-state index contributed by atoms with van der Waals surface area (Å²) in [6.45, 7) is 11.3. The molecule has 2 fully saturated rings. The molecule has 0 saturated carbocycles. The summed E-state index contributed by atoms with van der Waals surface area (Å²) in [7, 11) is 2.20. The Morgan fingerprint density at radius 2 is 1.71 bits per heavy atom. The first kappa shape index (κ1) is 17.7. The zero-order chi connectivity index (χ0) is 16.6. The lowest BCUT2D eigenvalue weighted by molar-refractivity contribution is 0.0357. The predicted octanol–water partition coefficient (Wildman–Crippen LogP) is 1.54. The third kappa shape index (κ3) is 5.45. The van der Waals surface area contributed by atoms with Gasteiger partial charge in [0.2, 0.25) is 0 Å². The highest BCUT2D eigenvalue weighted by Crippen LogP contribution is 2.20. The van der Waals surface area contributed by atoms with E-state index in [0.717, 1.165) is 84.3 Å². The molecule has 3 rings (SSSR count). The number of hydrogen-bond acceptors (Lipinski definition) is 5. The molecule has 0 N–H and O–H groups in total. The lowest BCUT2D eigenvalue weighted by Crippen LogP contribution is -2.43. The van der Waals surface area contributed by atoms with Crippen molar-refractivity contribution in [3.8, 4) is 5.75 Å². The average Bonchev–Trinajstić information content (AvgIpc) is 2.63. The maximum Gasteiger partial charge on any atom is 0.123 e. The van der Waals surface area contributed by atoms with Gasteiger partial charge >= 0.3 is 0 Å². The van der Waals surface area contributed by atoms with Gasteiger partial charge in [0.15, 0.2) is 0 Å². The molecule has 0 spiro atoms. The fourth-order valence-electron chi connectivity index (χ4n) is 3.32. The van der Waals surface area contributed by atoms with Crippen LogP contribution in [-0.4, -0.2) is 87.4 Å². The first-order chi connectivity index (χ1) is 11.8. The molecule has 0 aliphatic carbocycles. The molecule has 2 aliphatic heterocycles. The minimum absolute atomic E-state index is 0.789. The number of morpholine rings is 1. The van der Waals surface area contributed by atoms with Crippen LogP contribution in [-0.2, 0) is 11.3 Å². The first-order valence-corrected chi connectivity index (χ1v) is 9.23. The van der Waals surface area contributed by atoms with Crippen LogP contribution < -0.4 is 4.74 Å². The van der Waals surface area contributed by atoms with Crippen molar-refractivity contribution in [2.75, 3.05) is 72.7 Å². The lowest BCUT2D eigenvalue weighted by Gasteiger charge is -2.32. The number of hydrogen-bond donors (Lipinski definition) is 0. The van der Waals surface area contributed by atoms with E-state index >= 15 is 0 Å². The van der Waals surface area contributed by atoms with E-state index in [2.05, 4.69) is 46.0 Å². The minimum Gasteiger partial charge on any atom is -0.493 e. The molecule has 0 radical (unpaired) electrons. The molecule has 2 heterocycles. The van der Waals surface area contributed by atoms with Crippen LogP contribution in [0.3, 0.4) is 0 Å². The third-order valence-corrected chi connectivity index (χ3v) is 4.94. The van der Waals surface area contributed by atoms with Crippen LogP contribution >= 0.6 is 0 Å². The number of ether oxygens (including phenoxy) is 2. The van der Waals surface area contributed by atoms with E-state index in [-0.39, 0.29) is 0 Å². The van der Waals surface area contributed by atoms with Gasteiger partial charge in [0.25, 0.3) is 0 Å². The summed E-state index contributed by atoms with van der Waals surface area (Å²) in [4.78, 5) is 7.38. The molecule has 2 aliphatic rings. The number of para-hydroxylation sites is 1. The van der Waals surface area contributed by atoms with E-state index < -0.39 is 0 Å². The summed E-state index contributed by atoms with van der Waals surface area (Å²) in [6, 6.07) is 8.51. The number of nitrogens with zero attached hydrogens (tertiary/aromatic N) is 3. The standard InChI is InChI=1S/C19H31N3O2/c1-20-8-10-22(11-9-20)17-18-5-2-3-6-19(18)24-14-4-7-21-12-15-23-16-13-21/h2-3,5-6H,4,7-17H2,1H3. The molecular formula is C19H31N3O2. The van der Waals surface area contributed by atoms with Gasteiger partial charge in [-0.15, -0.1) is 0 Å². The van der Waals surface area contributed by atoms with Crippen LogP contribution in [0, 0.1) is 0 Å². The third-order valence-electron chi connectivity index (χ3n) is 4.94. The highest BCUT2D eigenvalue weighted by atomic mass is 16.5. The molecular weight excluding hydrogens is 302 g/mol. The Bertz CT molecular complexity index is 483. The quantitative estimate of drug-likeness (QED) is 0.706. The normalized spacial score (nSPS) is 21.0. The SMILES string of the molecule is CN1CCN(Cc2ccccc2OCCCN2CCOCC2)CC1. The Kier molecular flexibility index (Phi) is 6.90. The molecule has 5 heteroatoms. The van der Waals surface area contributed by atoms with Crippen LogP contribution in [0.1, 0.15) is 12.0 Å². The van der Waals surface area contributed by atoms with E-state index in [1.807, 2.05) is 0 Å². The minimum atomic E-state index is 0.789. The fraction of sp³-hybridized carbons (Fsp3) is 0.684. The molecule has 0 bridgehead atoms. The first-order valence-electron chi connectivity index (χ1n) is 9.23. The van der Waals surface area contributed by atoms with Gasteiger partial charge in [0.1, 0.15) is 5.75 Å². The van der Waals surface area contributed by atoms with Gasteiger partial charge in [-0.2, -0.15) is 0 Å². The summed E-state index contributed by atoms with van der Waals surface area (Å²) in [5.74, 6) is 1.05. The Morgan fingerprint density at radius 3 is 2.50 bits per heavy atom. The molecule has 0 atom stereocenters. The van der Waals surface area contributed by atoms with Crippen molar-refractivity contribution in [3.63, 3.8) is 0 Å². The molecule has 1 aromatic rings. The van der Waals surface area contributed by atoms with Crippen molar-refractivity contribution in [2.45, 2.75) is 13.0 Å². The van der Waals surface area contributed by atoms with Crippen molar-refractivity contribution < 1.29 is 9.47 Å². The number of likely N-dealkylation sites (N-methyl/N-ethyl adjacent to an activating group) is 1. The molecule has 24 heavy (non-hydrogen) atoms. The van der Waals surface area contributed by atoms with Crippen molar-refractivity contribution in [1.82, 2.24) is 14.7 Å². The van der Waals surface area contributed by atoms with Gasteiger partial charge in [0, 0.05) is 57.9 Å². The zero-order valence-corrected chi connectivity index (χ0v) is 15.0. The van der Waals surface area contributed by atoms with E-state index in [4.69, 9.17) is 9.47 Å². The second kappa shape index (κ2) is 9.37. The number of piperazine rings is 1. The molecule has 2 saturated heterocycles. The second-order valence-electron chi connectivity index (χ2n) is 6.84. The summed E-state index contributed by atoms with van der Waals surface area (Å²) < 4.78 is 11.5. The van der Waals surface area contributed by atoms with Gasteiger partial charge in [0.05, 0.1) is 19.8 Å². The van der Waals surface area contributed by atoms with Gasteiger partial charge < -0.3 is 14.4 Å². The summed E-state index contributed by atoms with van der Waals surface area (Å²) >= 11 is 0. The van der Waals surface area contributed by atoms with E-state index in [9.17, 15) is 0 Å². The molecule has 0 aromatic heterocycles. The topological polar surface area (TPSA) is 28.2 Å². The van der Waals surface area contributed by atoms with Crippen molar-refractivity contribution in [1.29, 1.82) is 0 Å². The number of benzene rings is 1. The van der Waals surface area contributed by atoms with Crippen LogP contribution in [0.15, 0.2) is 24.3 Å². The average molecular weight is 333 g/mol. The Balaban J connectivity index is 1.43. The Labute approximate surface area is 146 Å². The lowest BCUT2D eigenvalue weighted by atomic mass is 10.1. The maximum atomic E-state index is 6.10. The summed E-state index contributed by atoms with van der Waals surface area (Å²) in [5.41, 5.74) is 1.31. The largest absolute Gasteiger partial charge is 0.493 e. The van der Waals surface area contributed by atoms with E-state index in [0.29, 0.717) is 0 Å². The van der Waals surface area contributed by atoms with Gasteiger partial charge in [-0.3, -0.25) is 9.80 Å². The van der Waals surface area contributed by atoms with Crippen LogP contribution in [0.25, 0.3) is 0 Å². The number of rotatable bonds is 7. The Hall–Kier alpha value is -1.14. The van der Waals surface area contributed by atoms with Gasteiger partial charge in [-0.25, -0.2) is 0 Å². The maximum absolute atomic E-state index is 6.10. The van der Waals surface area contributed by atoms with Crippen LogP contribution in [0.5, 0.6) is 5.75 Å². The fourth-order valence-corrected chi connectivity index (χ4v) is 3.32. The zero-order valence-electron chi connectivity index (χ0n) is 15.0. The van der Waals surface area contributed by atoms with Crippen LogP contribution in [0.2, 0.25) is 0 Å². The van der Waals surface area contributed by atoms with Crippen molar-refractivity contribution in [3.05, 3.63) is 29.8 Å². The highest BCUT2D eigenvalue weighted by Gasteiger charge is 2.15. The molecule has 5 nitrogen and oxygen atoms in total. The molecule has 1 aromatic carbocycles. The smallest absolute Gasteiger partial charge is 0.123 e. The highest BCUT2D eigenvalue weighted by molar-refractivity contribution is 5.33. The van der Waals surface area contributed by atoms with E-state index in [1.165, 1.54) is 5.56 Å². The monoisotopic (exact) mass is 333 g/mol. The Morgan fingerprint density at radius 1 is 0.958 bits per heavy atom. The van der Waals surface area contributed by atoms with Crippen molar-refractivity contribution >= 4 is 0 Å². The molecule has 0 amide bonds.